The highest BCUT2D eigenvalue weighted by molar-refractivity contribution is 9.10. The van der Waals surface area contributed by atoms with Crippen LogP contribution in [0.5, 0.6) is 0 Å². The summed E-state index contributed by atoms with van der Waals surface area (Å²) in [5.41, 5.74) is 1.40. The molecule has 1 N–H and O–H groups in total. The van der Waals surface area contributed by atoms with Crippen molar-refractivity contribution in [1.29, 1.82) is 0 Å². The number of hydrogen-bond donors (Lipinski definition) is 1. The van der Waals surface area contributed by atoms with Gasteiger partial charge in [0.25, 0.3) is 0 Å². The molecule has 0 spiro atoms. The lowest BCUT2D eigenvalue weighted by Gasteiger charge is -2.21. The number of halogens is 1. The fourth-order valence-electron chi connectivity index (χ4n) is 2.42. The molecule has 19 heavy (non-hydrogen) atoms. The van der Waals surface area contributed by atoms with E-state index in [1.54, 1.807) is 7.11 Å². The fraction of sp³-hybridized carbons (Fsp3) is 0.625. The number of nitrogens with one attached hydrogen (secondary N) is 1. The molecule has 2 rings (SSSR count). The van der Waals surface area contributed by atoms with Gasteiger partial charge in [0.2, 0.25) is 0 Å². The molecule has 1 aromatic rings. The standard InChI is InChI=1S/C16H24BrNO/c1-12(19-2)8-14(11-18-16-6-7-16)9-13-4-3-5-15(17)10-13/h3-5,10,12,14,16,18H,6-9,11H2,1-2H3. The fourth-order valence-corrected chi connectivity index (χ4v) is 2.87. The lowest BCUT2D eigenvalue weighted by atomic mass is 9.94. The zero-order valence-corrected chi connectivity index (χ0v) is 13.4. The Morgan fingerprint density at radius 2 is 2.21 bits per heavy atom. The van der Waals surface area contributed by atoms with Gasteiger partial charge in [-0.2, -0.15) is 0 Å². The molecule has 0 aliphatic heterocycles. The van der Waals surface area contributed by atoms with Crippen LogP contribution in [0.4, 0.5) is 0 Å². The Morgan fingerprint density at radius 1 is 1.42 bits per heavy atom. The number of benzene rings is 1. The first-order valence-corrected chi connectivity index (χ1v) is 7.97. The second-order valence-electron chi connectivity index (χ2n) is 5.66. The van der Waals surface area contributed by atoms with E-state index in [2.05, 4.69) is 52.4 Å². The molecule has 1 aliphatic rings. The maximum Gasteiger partial charge on any atom is 0.0546 e. The van der Waals surface area contributed by atoms with Crippen LogP contribution in [0, 0.1) is 5.92 Å². The van der Waals surface area contributed by atoms with Crippen molar-refractivity contribution in [3.05, 3.63) is 34.3 Å². The molecular weight excluding hydrogens is 302 g/mol. The molecule has 2 unspecified atom stereocenters. The SMILES string of the molecule is COC(C)CC(CNC1CC1)Cc1cccc(Br)c1. The van der Waals surface area contributed by atoms with Crippen molar-refractivity contribution in [2.45, 2.75) is 44.8 Å². The highest BCUT2D eigenvalue weighted by Gasteiger charge is 2.22. The van der Waals surface area contributed by atoms with Crippen molar-refractivity contribution in [3.63, 3.8) is 0 Å². The Bertz CT molecular complexity index is 392. The summed E-state index contributed by atoms with van der Waals surface area (Å²) >= 11 is 3.55. The Morgan fingerprint density at radius 3 is 2.84 bits per heavy atom. The van der Waals surface area contributed by atoms with Crippen LogP contribution >= 0.6 is 15.9 Å². The van der Waals surface area contributed by atoms with E-state index in [0.717, 1.165) is 25.4 Å². The molecule has 1 aromatic carbocycles. The predicted molar refractivity (Wildman–Crippen MR) is 83.4 cm³/mol. The quantitative estimate of drug-likeness (QED) is 0.785. The summed E-state index contributed by atoms with van der Waals surface area (Å²) in [7, 11) is 1.80. The van der Waals surface area contributed by atoms with Gasteiger partial charge in [-0.25, -0.2) is 0 Å². The molecular formula is C16H24BrNO. The van der Waals surface area contributed by atoms with Crippen LogP contribution in [-0.2, 0) is 11.2 Å². The minimum Gasteiger partial charge on any atom is -0.382 e. The van der Waals surface area contributed by atoms with E-state index >= 15 is 0 Å². The van der Waals surface area contributed by atoms with E-state index in [1.807, 2.05) is 0 Å². The van der Waals surface area contributed by atoms with Gasteiger partial charge in [-0.15, -0.1) is 0 Å². The van der Waals surface area contributed by atoms with E-state index in [0.29, 0.717) is 12.0 Å². The number of methoxy groups -OCH3 is 1. The maximum absolute atomic E-state index is 5.43. The number of hydrogen-bond acceptors (Lipinski definition) is 2. The first-order valence-electron chi connectivity index (χ1n) is 7.18. The summed E-state index contributed by atoms with van der Waals surface area (Å²) in [6, 6.07) is 9.42. The zero-order chi connectivity index (χ0) is 13.7. The van der Waals surface area contributed by atoms with Crippen LogP contribution in [0.1, 0.15) is 31.7 Å². The van der Waals surface area contributed by atoms with Crippen molar-refractivity contribution in [3.8, 4) is 0 Å². The van der Waals surface area contributed by atoms with Crippen molar-refractivity contribution in [2.75, 3.05) is 13.7 Å². The largest absolute Gasteiger partial charge is 0.382 e. The minimum absolute atomic E-state index is 0.332. The third-order valence-electron chi connectivity index (χ3n) is 3.75. The van der Waals surface area contributed by atoms with Gasteiger partial charge in [0.05, 0.1) is 6.10 Å². The lowest BCUT2D eigenvalue weighted by molar-refractivity contribution is 0.0945. The van der Waals surface area contributed by atoms with Gasteiger partial charge in [0.1, 0.15) is 0 Å². The maximum atomic E-state index is 5.43. The van der Waals surface area contributed by atoms with Crippen LogP contribution in [0.25, 0.3) is 0 Å². The van der Waals surface area contributed by atoms with E-state index in [1.165, 1.54) is 22.9 Å². The third-order valence-corrected chi connectivity index (χ3v) is 4.25. The van der Waals surface area contributed by atoms with Crippen molar-refractivity contribution in [1.82, 2.24) is 5.32 Å². The normalized spacial score (nSPS) is 18.3. The summed E-state index contributed by atoms with van der Waals surface area (Å²) < 4.78 is 6.59. The van der Waals surface area contributed by atoms with Gasteiger partial charge >= 0.3 is 0 Å². The first kappa shape index (κ1) is 15.0. The molecule has 0 saturated heterocycles. The van der Waals surface area contributed by atoms with Gasteiger partial charge in [-0.3, -0.25) is 0 Å². The van der Waals surface area contributed by atoms with Gasteiger partial charge in [0, 0.05) is 17.6 Å². The Kier molecular flexibility index (Phi) is 5.86. The molecule has 1 saturated carbocycles. The molecule has 0 amide bonds. The van der Waals surface area contributed by atoms with Gasteiger partial charge in [-0.05, 0) is 62.8 Å². The molecule has 106 valence electrons. The highest BCUT2D eigenvalue weighted by atomic mass is 79.9. The molecule has 0 heterocycles. The average molecular weight is 326 g/mol. The molecule has 0 radical (unpaired) electrons. The summed E-state index contributed by atoms with van der Waals surface area (Å²) in [4.78, 5) is 0. The Balaban J connectivity index is 1.90. The second kappa shape index (κ2) is 7.41. The molecule has 0 aromatic heterocycles. The van der Waals surface area contributed by atoms with E-state index in [-0.39, 0.29) is 0 Å². The van der Waals surface area contributed by atoms with Crippen molar-refractivity contribution >= 4 is 15.9 Å². The average Bonchev–Trinajstić information content (AvgIpc) is 3.20. The Labute approximate surface area is 125 Å². The summed E-state index contributed by atoms with van der Waals surface area (Å²) in [6.07, 6.45) is 5.26. The van der Waals surface area contributed by atoms with Gasteiger partial charge in [-0.1, -0.05) is 28.1 Å². The topological polar surface area (TPSA) is 21.3 Å². The van der Waals surface area contributed by atoms with Gasteiger partial charge in [0.15, 0.2) is 0 Å². The summed E-state index contributed by atoms with van der Waals surface area (Å²) in [5, 5.41) is 3.65. The van der Waals surface area contributed by atoms with Crippen LogP contribution in [0.2, 0.25) is 0 Å². The van der Waals surface area contributed by atoms with Crippen LogP contribution < -0.4 is 5.32 Å². The number of rotatable bonds is 8. The summed E-state index contributed by atoms with van der Waals surface area (Å²) in [5.74, 6) is 0.643. The predicted octanol–water partition coefficient (Wildman–Crippen LogP) is 3.78. The molecule has 3 heteroatoms. The van der Waals surface area contributed by atoms with Crippen LogP contribution in [0.3, 0.4) is 0 Å². The number of ether oxygens (including phenoxy) is 1. The molecule has 2 nitrogen and oxygen atoms in total. The smallest absolute Gasteiger partial charge is 0.0546 e. The van der Waals surface area contributed by atoms with Crippen molar-refractivity contribution in [2.24, 2.45) is 5.92 Å². The molecule has 1 aliphatic carbocycles. The minimum atomic E-state index is 0.332. The zero-order valence-electron chi connectivity index (χ0n) is 11.9. The summed E-state index contributed by atoms with van der Waals surface area (Å²) in [6.45, 7) is 3.26. The van der Waals surface area contributed by atoms with E-state index in [4.69, 9.17) is 4.74 Å². The molecule has 1 fully saturated rings. The second-order valence-corrected chi connectivity index (χ2v) is 6.58. The molecule has 2 atom stereocenters. The van der Waals surface area contributed by atoms with Gasteiger partial charge < -0.3 is 10.1 Å². The van der Waals surface area contributed by atoms with Crippen LogP contribution in [-0.4, -0.2) is 25.8 Å². The highest BCUT2D eigenvalue weighted by Crippen LogP contribution is 2.22. The van der Waals surface area contributed by atoms with Crippen LogP contribution in [0.15, 0.2) is 28.7 Å². The van der Waals surface area contributed by atoms with E-state index < -0.39 is 0 Å². The molecule has 0 bridgehead atoms. The first-order chi connectivity index (χ1) is 9.17. The lowest BCUT2D eigenvalue weighted by Crippen LogP contribution is -2.28. The van der Waals surface area contributed by atoms with E-state index in [9.17, 15) is 0 Å². The third kappa shape index (κ3) is 5.64. The monoisotopic (exact) mass is 325 g/mol. The Hall–Kier alpha value is -0.380. The van der Waals surface area contributed by atoms with Crippen molar-refractivity contribution < 1.29 is 4.74 Å².